The number of thiophene rings is 1. The molecule has 27 heavy (non-hydrogen) atoms. The first-order chi connectivity index (χ1) is 13.0. The largest absolute Gasteiger partial charge is 0.454 e. The molecule has 5 nitrogen and oxygen atoms in total. The zero-order valence-electron chi connectivity index (χ0n) is 14.6. The number of fused-ring (bicyclic) bond motifs is 1. The van der Waals surface area contributed by atoms with Crippen LogP contribution in [-0.4, -0.2) is 30.0 Å². The van der Waals surface area contributed by atoms with Gasteiger partial charge in [-0.05, 0) is 36.1 Å². The number of thioether (sulfide) groups is 1. The standard InChI is InChI=1S/C20H17NO4S2/c1-12-13-6-2-5-9-17(13)27-19(12)15(22)10-25-20(24)14-7-3-4-8-16(14)26-11-18(21)23/h2-9H,10-11H2,1H3,(H2,21,23). The number of nitrogens with two attached hydrogens (primary N) is 1. The molecular weight excluding hydrogens is 382 g/mol. The van der Waals surface area contributed by atoms with Crippen molar-refractivity contribution in [3.8, 4) is 0 Å². The number of primary amides is 1. The van der Waals surface area contributed by atoms with E-state index >= 15 is 0 Å². The van der Waals surface area contributed by atoms with Crippen molar-refractivity contribution < 1.29 is 19.1 Å². The van der Waals surface area contributed by atoms with E-state index in [0.717, 1.165) is 27.4 Å². The second kappa shape index (κ2) is 8.37. The Bertz CT molecular complexity index is 1030. The third kappa shape index (κ3) is 4.37. The van der Waals surface area contributed by atoms with E-state index in [1.54, 1.807) is 24.3 Å². The third-order valence-corrected chi connectivity index (χ3v) is 6.32. The number of aryl methyl sites for hydroxylation is 1. The second-order valence-corrected chi connectivity index (χ2v) is 7.87. The summed E-state index contributed by atoms with van der Waals surface area (Å²) in [7, 11) is 0. The highest BCUT2D eigenvalue weighted by atomic mass is 32.2. The zero-order valence-corrected chi connectivity index (χ0v) is 16.2. The average Bonchev–Trinajstić information content (AvgIpc) is 3.01. The fourth-order valence-electron chi connectivity index (χ4n) is 2.62. The van der Waals surface area contributed by atoms with Crippen LogP contribution in [0.4, 0.5) is 0 Å². The Morgan fingerprint density at radius 3 is 2.52 bits per heavy atom. The molecule has 0 aliphatic rings. The van der Waals surface area contributed by atoms with Gasteiger partial charge in [0.05, 0.1) is 16.2 Å². The number of esters is 1. The Labute approximate surface area is 164 Å². The molecule has 0 aliphatic heterocycles. The Morgan fingerprint density at radius 1 is 1.07 bits per heavy atom. The molecule has 7 heteroatoms. The maximum Gasteiger partial charge on any atom is 0.339 e. The smallest absolute Gasteiger partial charge is 0.339 e. The number of rotatable bonds is 7. The van der Waals surface area contributed by atoms with Crippen LogP contribution < -0.4 is 5.73 Å². The Kier molecular flexibility index (Phi) is 5.93. The minimum atomic E-state index is -0.602. The molecule has 138 valence electrons. The first kappa shape index (κ1) is 19.1. The van der Waals surface area contributed by atoms with Crippen molar-refractivity contribution in [2.24, 2.45) is 5.73 Å². The molecule has 0 spiro atoms. The summed E-state index contributed by atoms with van der Waals surface area (Å²) in [5, 5.41) is 1.03. The number of amides is 1. The van der Waals surface area contributed by atoms with Crippen molar-refractivity contribution in [1.82, 2.24) is 0 Å². The number of ketones is 1. The molecule has 0 fully saturated rings. The molecule has 1 heterocycles. The van der Waals surface area contributed by atoms with Crippen LogP contribution in [-0.2, 0) is 9.53 Å². The number of hydrogen-bond donors (Lipinski definition) is 1. The van der Waals surface area contributed by atoms with Gasteiger partial charge in [0.25, 0.3) is 0 Å². The van der Waals surface area contributed by atoms with Crippen LogP contribution in [0.25, 0.3) is 10.1 Å². The fraction of sp³-hybridized carbons (Fsp3) is 0.150. The van der Waals surface area contributed by atoms with E-state index in [9.17, 15) is 14.4 Å². The minimum absolute atomic E-state index is 0.0597. The molecule has 0 unspecified atom stereocenters. The van der Waals surface area contributed by atoms with Crippen molar-refractivity contribution in [2.75, 3.05) is 12.4 Å². The summed E-state index contributed by atoms with van der Waals surface area (Å²) in [6.45, 7) is 1.56. The molecule has 1 aromatic heterocycles. The lowest BCUT2D eigenvalue weighted by atomic mass is 10.1. The first-order valence-corrected chi connectivity index (χ1v) is 9.96. The molecule has 0 atom stereocenters. The van der Waals surface area contributed by atoms with Crippen molar-refractivity contribution in [3.63, 3.8) is 0 Å². The van der Waals surface area contributed by atoms with Gasteiger partial charge >= 0.3 is 5.97 Å². The van der Waals surface area contributed by atoms with E-state index in [0.29, 0.717) is 15.3 Å². The molecule has 1 amide bonds. The maximum absolute atomic E-state index is 12.5. The van der Waals surface area contributed by atoms with E-state index in [1.165, 1.54) is 11.3 Å². The van der Waals surface area contributed by atoms with E-state index in [2.05, 4.69) is 0 Å². The highest BCUT2D eigenvalue weighted by Crippen LogP contribution is 2.31. The van der Waals surface area contributed by atoms with Gasteiger partial charge in [-0.2, -0.15) is 0 Å². The van der Waals surface area contributed by atoms with Gasteiger partial charge in [0, 0.05) is 9.60 Å². The molecular formula is C20H17NO4S2. The van der Waals surface area contributed by atoms with E-state index in [1.807, 2.05) is 31.2 Å². The topological polar surface area (TPSA) is 86.5 Å². The molecule has 3 rings (SSSR count). The van der Waals surface area contributed by atoms with Gasteiger partial charge in [0.2, 0.25) is 11.7 Å². The average molecular weight is 399 g/mol. The summed E-state index contributed by atoms with van der Waals surface area (Å²) in [6, 6.07) is 14.5. The molecule has 2 aromatic carbocycles. The minimum Gasteiger partial charge on any atom is -0.454 e. The second-order valence-electron chi connectivity index (χ2n) is 5.80. The van der Waals surface area contributed by atoms with E-state index in [4.69, 9.17) is 10.5 Å². The molecule has 3 aromatic rings. The number of benzene rings is 2. The van der Waals surface area contributed by atoms with E-state index < -0.39 is 11.9 Å². The van der Waals surface area contributed by atoms with Crippen molar-refractivity contribution in [2.45, 2.75) is 11.8 Å². The van der Waals surface area contributed by atoms with Gasteiger partial charge in [-0.15, -0.1) is 23.1 Å². The van der Waals surface area contributed by atoms with Crippen molar-refractivity contribution in [1.29, 1.82) is 0 Å². The number of Topliss-reactive ketones (excluding diaryl/α,β-unsaturated/α-hetero) is 1. The van der Waals surface area contributed by atoms with Crippen LogP contribution in [0.3, 0.4) is 0 Å². The normalized spacial score (nSPS) is 10.7. The summed E-state index contributed by atoms with van der Waals surface area (Å²) < 4.78 is 6.26. The van der Waals surface area contributed by atoms with Crippen molar-refractivity contribution >= 4 is 50.8 Å². The third-order valence-electron chi connectivity index (χ3n) is 3.91. The number of carbonyl (C=O) groups excluding carboxylic acids is 3. The maximum atomic E-state index is 12.5. The SMILES string of the molecule is Cc1c(C(=O)COC(=O)c2ccccc2SCC(N)=O)sc2ccccc12. The predicted octanol–water partition coefficient (Wildman–Crippen LogP) is 3.83. The summed E-state index contributed by atoms with van der Waals surface area (Å²) in [4.78, 5) is 37.1. The molecule has 0 saturated heterocycles. The Hall–Kier alpha value is -2.64. The quantitative estimate of drug-likeness (QED) is 0.371. The predicted molar refractivity (Wildman–Crippen MR) is 108 cm³/mol. The fourth-order valence-corrected chi connectivity index (χ4v) is 4.54. The molecule has 0 bridgehead atoms. The summed E-state index contributed by atoms with van der Waals surface area (Å²) in [5.74, 6) is -1.25. The highest BCUT2D eigenvalue weighted by molar-refractivity contribution is 8.00. The molecule has 0 radical (unpaired) electrons. The monoisotopic (exact) mass is 399 g/mol. The lowest BCUT2D eigenvalue weighted by Crippen LogP contribution is -2.16. The Balaban J connectivity index is 1.71. The lowest BCUT2D eigenvalue weighted by Gasteiger charge is -2.08. The van der Waals surface area contributed by atoms with Crippen LogP contribution in [0, 0.1) is 6.92 Å². The van der Waals surface area contributed by atoms with Crippen LogP contribution >= 0.6 is 23.1 Å². The van der Waals surface area contributed by atoms with Crippen LogP contribution in [0.15, 0.2) is 53.4 Å². The van der Waals surface area contributed by atoms with E-state index in [-0.39, 0.29) is 18.1 Å². The summed E-state index contributed by atoms with van der Waals surface area (Å²) in [5.41, 5.74) is 6.36. The van der Waals surface area contributed by atoms with Crippen LogP contribution in [0.1, 0.15) is 25.6 Å². The zero-order chi connectivity index (χ0) is 19.4. The van der Waals surface area contributed by atoms with Gasteiger partial charge in [-0.1, -0.05) is 30.3 Å². The van der Waals surface area contributed by atoms with Gasteiger partial charge in [0.1, 0.15) is 0 Å². The van der Waals surface area contributed by atoms with Crippen LogP contribution in [0.2, 0.25) is 0 Å². The Morgan fingerprint density at radius 2 is 1.78 bits per heavy atom. The number of carbonyl (C=O) groups is 3. The van der Waals surface area contributed by atoms with Gasteiger partial charge in [0.15, 0.2) is 6.61 Å². The number of ether oxygens (including phenoxy) is 1. The van der Waals surface area contributed by atoms with Crippen molar-refractivity contribution in [3.05, 3.63) is 64.5 Å². The molecule has 2 N–H and O–H groups in total. The van der Waals surface area contributed by atoms with Gasteiger partial charge in [-0.3, -0.25) is 9.59 Å². The van der Waals surface area contributed by atoms with Gasteiger partial charge < -0.3 is 10.5 Å². The van der Waals surface area contributed by atoms with Gasteiger partial charge in [-0.25, -0.2) is 4.79 Å². The first-order valence-electron chi connectivity index (χ1n) is 8.16. The number of hydrogen-bond acceptors (Lipinski definition) is 6. The molecule has 0 saturated carbocycles. The highest BCUT2D eigenvalue weighted by Gasteiger charge is 2.19. The molecule has 0 aliphatic carbocycles. The summed E-state index contributed by atoms with van der Waals surface area (Å²) >= 11 is 2.56. The summed E-state index contributed by atoms with van der Waals surface area (Å²) in [6.07, 6.45) is 0. The van der Waals surface area contributed by atoms with Crippen LogP contribution in [0.5, 0.6) is 0 Å². The lowest BCUT2D eigenvalue weighted by molar-refractivity contribution is -0.115.